The third-order valence-electron chi connectivity index (χ3n) is 3.00. The molecule has 8 heteroatoms. The summed E-state index contributed by atoms with van der Waals surface area (Å²) < 4.78 is 1.53. The molecule has 0 aliphatic carbocycles. The highest BCUT2D eigenvalue weighted by Gasteiger charge is 2.32. The van der Waals surface area contributed by atoms with E-state index in [-0.39, 0.29) is 0 Å². The van der Waals surface area contributed by atoms with Crippen molar-refractivity contribution in [2.24, 2.45) is 5.73 Å². The molecule has 0 radical (unpaired) electrons. The van der Waals surface area contributed by atoms with Crippen LogP contribution in [0.3, 0.4) is 0 Å². The minimum absolute atomic E-state index is 0.436. The predicted molar refractivity (Wildman–Crippen MR) is 65.7 cm³/mol. The molecule has 3 rings (SSSR count). The Morgan fingerprint density at radius 3 is 2.84 bits per heavy atom. The van der Waals surface area contributed by atoms with Gasteiger partial charge in [0.25, 0.3) is 0 Å². The Morgan fingerprint density at radius 2 is 2.16 bits per heavy atom. The number of pyridine rings is 1. The van der Waals surface area contributed by atoms with E-state index < -0.39 is 11.9 Å². The van der Waals surface area contributed by atoms with Crippen molar-refractivity contribution in [2.45, 2.75) is 13.0 Å². The number of aromatic nitrogens is 5. The van der Waals surface area contributed by atoms with Crippen LogP contribution in [0.5, 0.6) is 0 Å². The molecule has 3 heterocycles. The Bertz CT molecular complexity index is 661. The molecular weight excluding hydrogens is 246 g/mol. The molecule has 1 amide bonds. The van der Waals surface area contributed by atoms with Gasteiger partial charge in [0.2, 0.25) is 11.9 Å². The van der Waals surface area contributed by atoms with Crippen molar-refractivity contribution in [1.29, 1.82) is 0 Å². The monoisotopic (exact) mass is 257 g/mol. The van der Waals surface area contributed by atoms with Crippen LogP contribution in [0, 0.1) is 0 Å². The van der Waals surface area contributed by atoms with Crippen LogP contribution in [0.2, 0.25) is 0 Å². The molecule has 2 aromatic heterocycles. The van der Waals surface area contributed by atoms with Gasteiger partial charge in [-0.15, -0.1) is 0 Å². The van der Waals surface area contributed by atoms with Gasteiger partial charge in [-0.3, -0.25) is 9.78 Å². The summed E-state index contributed by atoms with van der Waals surface area (Å²) in [6.45, 7) is 1.77. The van der Waals surface area contributed by atoms with Crippen LogP contribution in [0.25, 0.3) is 0 Å². The van der Waals surface area contributed by atoms with E-state index in [0.29, 0.717) is 17.2 Å². The molecule has 8 nitrogen and oxygen atoms in total. The minimum Gasteiger partial charge on any atom is -0.366 e. The lowest BCUT2D eigenvalue weighted by molar-refractivity contribution is -0.115. The zero-order chi connectivity index (χ0) is 13.4. The summed E-state index contributed by atoms with van der Waals surface area (Å²) in [6.07, 6.45) is 3.30. The average molecular weight is 257 g/mol. The molecule has 0 saturated heterocycles. The first-order valence-electron chi connectivity index (χ1n) is 5.64. The second-order valence-electron chi connectivity index (χ2n) is 4.16. The fourth-order valence-electron chi connectivity index (χ4n) is 2.19. The van der Waals surface area contributed by atoms with E-state index in [1.807, 2.05) is 0 Å². The molecule has 0 bridgehead atoms. The van der Waals surface area contributed by atoms with Gasteiger partial charge < -0.3 is 11.1 Å². The summed E-state index contributed by atoms with van der Waals surface area (Å²) in [5.41, 5.74) is 7.41. The van der Waals surface area contributed by atoms with Crippen LogP contribution in [0.1, 0.15) is 18.5 Å². The highest BCUT2D eigenvalue weighted by atomic mass is 16.1. The van der Waals surface area contributed by atoms with Crippen molar-refractivity contribution < 1.29 is 4.79 Å². The molecule has 96 valence electrons. The maximum atomic E-state index is 11.7. The Labute approximate surface area is 108 Å². The summed E-state index contributed by atoms with van der Waals surface area (Å²) in [4.78, 5) is 15.7. The second kappa shape index (κ2) is 4.16. The number of allylic oxidation sites excluding steroid dienone is 1. The number of nitrogens with zero attached hydrogens (tertiary/aromatic N) is 5. The van der Waals surface area contributed by atoms with Crippen molar-refractivity contribution in [1.82, 2.24) is 25.2 Å². The van der Waals surface area contributed by atoms with Gasteiger partial charge in [0, 0.05) is 18.1 Å². The van der Waals surface area contributed by atoms with Crippen molar-refractivity contribution >= 4 is 11.9 Å². The number of rotatable bonds is 2. The van der Waals surface area contributed by atoms with Crippen molar-refractivity contribution in [3.63, 3.8) is 0 Å². The van der Waals surface area contributed by atoms with E-state index in [1.165, 1.54) is 4.68 Å². The van der Waals surface area contributed by atoms with E-state index >= 15 is 0 Å². The lowest BCUT2D eigenvalue weighted by Gasteiger charge is -2.26. The van der Waals surface area contributed by atoms with Gasteiger partial charge >= 0.3 is 0 Å². The van der Waals surface area contributed by atoms with Crippen LogP contribution in [-0.4, -0.2) is 31.1 Å². The molecule has 1 aliphatic heterocycles. The zero-order valence-electron chi connectivity index (χ0n) is 10.1. The van der Waals surface area contributed by atoms with Gasteiger partial charge in [-0.1, -0.05) is 5.10 Å². The van der Waals surface area contributed by atoms with E-state index in [2.05, 4.69) is 25.8 Å². The topological polar surface area (TPSA) is 112 Å². The number of nitrogens with two attached hydrogens (primary N) is 1. The fourth-order valence-corrected chi connectivity index (χ4v) is 2.19. The highest BCUT2D eigenvalue weighted by molar-refractivity contribution is 5.95. The number of carbonyl (C=O) groups is 1. The Hall–Kier alpha value is -2.77. The predicted octanol–water partition coefficient (Wildman–Crippen LogP) is -0.158. The molecule has 0 spiro atoms. The number of carbonyl (C=O) groups excluding carboxylic acids is 1. The summed E-state index contributed by atoms with van der Waals surface area (Å²) >= 11 is 0. The number of hydrogen-bond donors (Lipinski definition) is 2. The van der Waals surface area contributed by atoms with Crippen LogP contribution in [-0.2, 0) is 4.79 Å². The number of anilines is 1. The third kappa shape index (κ3) is 1.73. The number of primary amides is 1. The second-order valence-corrected chi connectivity index (χ2v) is 4.16. The lowest BCUT2D eigenvalue weighted by Crippen LogP contribution is -2.31. The van der Waals surface area contributed by atoms with E-state index in [0.717, 1.165) is 5.56 Å². The summed E-state index contributed by atoms with van der Waals surface area (Å²) in [5, 5.41) is 14.4. The molecule has 0 saturated carbocycles. The Balaban J connectivity index is 2.21. The van der Waals surface area contributed by atoms with Gasteiger partial charge in [-0.25, -0.2) is 0 Å². The molecule has 19 heavy (non-hydrogen) atoms. The first-order chi connectivity index (χ1) is 9.18. The summed E-state index contributed by atoms with van der Waals surface area (Å²) in [5.74, 6) is -0.0303. The first-order valence-corrected chi connectivity index (χ1v) is 5.64. The number of amides is 1. The molecule has 1 atom stereocenters. The van der Waals surface area contributed by atoms with E-state index in [9.17, 15) is 4.79 Å². The zero-order valence-corrected chi connectivity index (χ0v) is 10.1. The average Bonchev–Trinajstić information content (AvgIpc) is 2.85. The van der Waals surface area contributed by atoms with Gasteiger partial charge in [-0.2, -0.15) is 4.68 Å². The maximum Gasteiger partial charge on any atom is 0.248 e. The largest absolute Gasteiger partial charge is 0.366 e. The van der Waals surface area contributed by atoms with Crippen molar-refractivity contribution in [3.8, 4) is 0 Å². The Morgan fingerprint density at radius 1 is 1.42 bits per heavy atom. The number of hydrogen-bond acceptors (Lipinski definition) is 6. The Kier molecular flexibility index (Phi) is 2.48. The van der Waals surface area contributed by atoms with Gasteiger partial charge in [0.05, 0.1) is 5.57 Å². The molecule has 0 aromatic carbocycles. The smallest absolute Gasteiger partial charge is 0.248 e. The van der Waals surface area contributed by atoms with Crippen LogP contribution >= 0.6 is 0 Å². The van der Waals surface area contributed by atoms with Crippen LogP contribution in [0.15, 0.2) is 35.8 Å². The third-order valence-corrected chi connectivity index (χ3v) is 3.00. The molecule has 2 aromatic rings. The number of fused-ring (bicyclic) bond motifs is 1. The quantitative estimate of drug-likeness (QED) is 0.773. The SMILES string of the molecule is CC1=C(C(N)=O)[C@H](c2ccncc2)n2nnnc2N1. The molecule has 0 unspecified atom stereocenters. The summed E-state index contributed by atoms with van der Waals surface area (Å²) in [6, 6.07) is 3.17. The minimum atomic E-state index is -0.507. The maximum absolute atomic E-state index is 11.7. The molecule has 1 aliphatic rings. The normalized spacial score (nSPS) is 17.8. The summed E-state index contributed by atoms with van der Waals surface area (Å²) in [7, 11) is 0. The van der Waals surface area contributed by atoms with Crippen molar-refractivity contribution in [3.05, 3.63) is 41.4 Å². The van der Waals surface area contributed by atoms with Gasteiger partial charge in [0.1, 0.15) is 6.04 Å². The molecular formula is C11H11N7O. The van der Waals surface area contributed by atoms with Crippen LogP contribution in [0.4, 0.5) is 5.95 Å². The van der Waals surface area contributed by atoms with Gasteiger partial charge in [-0.05, 0) is 35.0 Å². The molecule has 0 fully saturated rings. The first kappa shape index (κ1) is 11.3. The highest BCUT2D eigenvalue weighted by Crippen LogP contribution is 2.33. The lowest BCUT2D eigenvalue weighted by atomic mass is 9.96. The molecule has 3 N–H and O–H groups in total. The fraction of sp³-hybridized carbons (Fsp3) is 0.182. The van der Waals surface area contributed by atoms with Crippen molar-refractivity contribution in [2.75, 3.05) is 5.32 Å². The van der Waals surface area contributed by atoms with E-state index in [1.54, 1.807) is 31.5 Å². The van der Waals surface area contributed by atoms with E-state index in [4.69, 9.17) is 5.73 Å². The standard InChI is InChI=1S/C11H11N7O/c1-6-8(10(12)19)9(7-2-4-13-5-3-7)18-11(14-6)15-16-17-18/h2-5,9H,1H3,(H2,12,19)(H,14,15,17)/t9-/m0/s1. The van der Waals surface area contributed by atoms with Gasteiger partial charge in [0.15, 0.2) is 0 Å². The number of nitrogens with one attached hydrogen (secondary N) is 1. The van der Waals surface area contributed by atoms with Crippen LogP contribution < -0.4 is 11.1 Å². The number of tetrazole rings is 1.